The third kappa shape index (κ3) is 4.26. The van der Waals surface area contributed by atoms with Crippen LogP contribution in [0.25, 0.3) is 22.3 Å². The molecule has 1 saturated carbocycles. The van der Waals surface area contributed by atoms with E-state index in [0.717, 1.165) is 47.2 Å². The molecule has 5 nitrogen and oxygen atoms in total. The van der Waals surface area contributed by atoms with Crippen LogP contribution in [-0.4, -0.2) is 32.3 Å². The Kier molecular flexibility index (Phi) is 5.46. The minimum Gasteiger partial charge on any atom is -0.368 e. The molecule has 2 aromatic carbocycles. The maximum Gasteiger partial charge on any atom is 0.166 e. The highest BCUT2D eigenvalue weighted by atomic mass is 16.5. The number of rotatable bonds is 8. The highest BCUT2D eigenvalue weighted by molar-refractivity contribution is 6.01. The van der Waals surface area contributed by atoms with E-state index in [-0.39, 0.29) is 11.7 Å². The summed E-state index contributed by atoms with van der Waals surface area (Å²) in [6.45, 7) is 0. The number of hydrogen-bond donors (Lipinski definition) is 2. The van der Waals surface area contributed by atoms with E-state index in [4.69, 9.17) is 20.2 Å². The van der Waals surface area contributed by atoms with Crippen LogP contribution in [0.5, 0.6) is 0 Å². The minimum atomic E-state index is -1.27. The normalized spacial score (nSPS) is 14.0. The number of ketones is 1. The lowest BCUT2D eigenvalue weighted by Crippen LogP contribution is -2.05. The van der Waals surface area contributed by atoms with Gasteiger partial charge in [-0.1, -0.05) is 30.3 Å². The average molecular weight is 376 g/mol. The Morgan fingerprint density at radius 2 is 1.79 bits per heavy atom. The fourth-order valence-electron chi connectivity index (χ4n) is 3.45. The first-order valence-corrected chi connectivity index (χ1v) is 9.88. The van der Waals surface area contributed by atoms with Gasteiger partial charge in [-0.3, -0.25) is 4.79 Å². The van der Waals surface area contributed by atoms with E-state index in [9.17, 15) is 4.79 Å². The molecule has 0 unspecified atom stereocenters. The summed E-state index contributed by atoms with van der Waals surface area (Å²) in [6.07, 6.45) is 3.23. The van der Waals surface area contributed by atoms with E-state index >= 15 is 0 Å². The second-order valence-corrected chi connectivity index (χ2v) is 7.45. The molecule has 1 aromatic heterocycles. The monoisotopic (exact) mass is 376 g/mol. The Hall–Kier alpha value is -2.63. The van der Waals surface area contributed by atoms with Gasteiger partial charge >= 0.3 is 0 Å². The van der Waals surface area contributed by atoms with Crippen molar-refractivity contribution in [3.05, 3.63) is 59.8 Å². The SMILES string of the molecule is O=C(c1ccc2nc(-c3ccccc3)c(CCCCC(O)O)nc2c1)C1CC1. The molecule has 2 N–H and O–H groups in total. The van der Waals surface area contributed by atoms with Crippen molar-refractivity contribution in [3.8, 4) is 11.3 Å². The number of carbonyl (C=O) groups excluding carboxylic acids is 1. The predicted molar refractivity (Wildman–Crippen MR) is 108 cm³/mol. The number of hydrogen-bond acceptors (Lipinski definition) is 5. The molecule has 0 bridgehead atoms. The van der Waals surface area contributed by atoms with Crippen LogP contribution in [0.15, 0.2) is 48.5 Å². The van der Waals surface area contributed by atoms with E-state index in [1.165, 1.54) is 0 Å². The lowest BCUT2D eigenvalue weighted by molar-refractivity contribution is -0.0465. The number of benzene rings is 2. The molecule has 0 spiro atoms. The Balaban J connectivity index is 1.69. The van der Waals surface area contributed by atoms with Gasteiger partial charge in [0.2, 0.25) is 0 Å². The smallest absolute Gasteiger partial charge is 0.166 e. The van der Waals surface area contributed by atoms with Crippen molar-refractivity contribution in [2.24, 2.45) is 5.92 Å². The highest BCUT2D eigenvalue weighted by Gasteiger charge is 2.30. The zero-order valence-electron chi connectivity index (χ0n) is 15.7. The standard InChI is InChI=1S/C23H24N2O3/c26-21(27)9-5-4-8-19-22(15-6-2-1-3-7-15)25-18-13-12-17(14-20(18)24-19)23(28)16-10-11-16/h1-3,6-7,12-14,16,21,26-27H,4-5,8-11H2. The van der Waals surface area contributed by atoms with Gasteiger partial charge in [0.25, 0.3) is 0 Å². The van der Waals surface area contributed by atoms with Crippen LogP contribution >= 0.6 is 0 Å². The molecule has 144 valence electrons. The van der Waals surface area contributed by atoms with Crippen molar-refractivity contribution in [2.75, 3.05) is 0 Å². The molecule has 28 heavy (non-hydrogen) atoms. The molecule has 1 fully saturated rings. The summed E-state index contributed by atoms with van der Waals surface area (Å²) in [4.78, 5) is 22.1. The van der Waals surface area contributed by atoms with Gasteiger partial charge in [0.1, 0.15) is 0 Å². The van der Waals surface area contributed by atoms with Crippen LogP contribution < -0.4 is 0 Å². The average Bonchev–Trinajstić information content (AvgIpc) is 3.55. The molecule has 3 aromatic rings. The zero-order valence-corrected chi connectivity index (χ0v) is 15.7. The maximum atomic E-state index is 12.4. The Morgan fingerprint density at radius 1 is 1.00 bits per heavy atom. The molecule has 5 heteroatoms. The van der Waals surface area contributed by atoms with E-state index in [1.807, 2.05) is 48.5 Å². The summed E-state index contributed by atoms with van der Waals surface area (Å²) in [6, 6.07) is 15.6. The van der Waals surface area contributed by atoms with Gasteiger partial charge in [0.05, 0.1) is 22.4 Å². The number of Topliss-reactive ketones (excluding diaryl/α,β-unsaturated/α-hetero) is 1. The molecule has 1 aliphatic carbocycles. The lowest BCUT2D eigenvalue weighted by atomic mass is 10.0. The first-order chi connectivity index (χ1) is 13.6. The van der Waals surface area contributed by atoms with Crippen molar-refractivity contribution < 1.29 is 15.0 Å². The number of nitrogens with zero attached hydrogens (tertiary/aromatic N) is 2. The molecule has 0 aliphatic heterocycles. The number of aliphatic hydroxyl groups is 2. The maximum absolute atomic E-state index is 12.4. The van der Waals surface area contributed by atoms with E-state index in [0.29, 0.717) is 24.8 Å². The Morgan fingerprint density at radius 3 is 2.50 bits per heavy atom. The number of unbranched alkanes of at least 4 members (excludes halogenated alkanes) is 1. The van der Waals surface area contributed by atoms with Crippen LogP contribution in [0.1, 0.15) is 48.2 Å². The fraction of sp³-hybridized carbons (Fsp3) is 0.348. The van der Waals surface area contributed by atoms with Gasteiger partial charge in [-0.05, 0) is 56.7 Å². The summed E-state index contributed by atoms with van der Waals surface area (Å²) in [5, 5.41) is 18.1. The highest BCUT2D eigenvalue weighted by Crippen LogP contribution is 2.33. The van der Waals surface area contributed by atoms with Gasteiger partial charge in [0, 0.05) is 17.0 Å². The molecule has 1 aliphatic rings. The lowest BCUT2D eigenvalue weighted by Gasteiger charge is -2.11. The largest absolute Gasteiger partial charge is 0.368 e. The van der Waals surface area contributed by atoms with Gasteiger partial charge < -0.3 is 10.2 Å². The molecule has 0 saturated heterocycles. The number of aryl methyl sites for hydroxylation is 1. The number of aliphatic hydroxyl groups excluding tert-OH is 1. The van der Waals surface area contributed by atoms with E-state index < -0.39 is 6.29 Å². The topological polar surface area (TPSA) is 83.3 Å². The number of fused-ring (bicyclic) bond motifs is 1. The molecular weight excluding hydrogens is 352 g/mol. The van der Waals surface area contributed by atoms with Gasteiger partial charge in [-0.25, -0.2) is 9.97 Å². The summed E-state index contributed by atoms with van der Waals surface area (Å²) in [5.41, 5.74) is 4.96. The van der Waals surface area contributed by atoms with Crippen LogP contribution in [-0.2, 0) is 6.42 Å². The number of carbonyl (C=O) groups is 1. The third-order valence-corrected chi connectivity index (χ3v) is 5.14. The first kappa shape index (κ1) is 18.7. The van der Waals surface area contributed by atoms with Crippen molar-refractivity contribution in [1.82, 2.24) is 9.97 Å². The molecule has 1 heterocycles. The van der Waals surface area contributed by atoms with Crippen molar-refractivity contribution >= 4 is 16.8 Å². The van der Waals surface area contributed by atoms with Gasteiger partial charge in [0.15, 0.2) is 12.1 Å². The second kappa shape index (κ2) is 8.17. The van der Waals surface area contributed by atoms with Crippen LogP contribution in [0.2, 0.25) is 0 Å². The molecule has 0 radical (unpaired) electrons. The van der Waals surface area contributed by atoms with Gasteiger partial charge in [-0.15, -0.1) is 0 Å². The molecule has 0 amide bonds. The minimum absolute atomic E-state index is 0.179. The van der Waals surface area contributed by atoms with Crippen molar-refractivity contribution in [2.45, 2.75) is 44.8 Å². The Labute approximate surface area is 164 Å². The van der Waals surface area contributed by atoms with E-state index in [1.54, 1.807) is 0 Å². The first-order valence-electron chi connectivity index (χ1n) is 9.88. The summed E-state index contributed by atoms with van der Waals surface area (Å²) < 4.78 is 0. The van der Waals surface area contributed by atoms with Gasteiger partial charge in [-0.2, -0.15) is 0 Å². The van der Waals surface area contributed by atoms with Crippen LogP contribution in [0.3, 0.4) is 0 Å². The van der Waals surface area contributed by atoms with Crippen molar-refractivity contribution in [3.63, 3.8) is 0 Å². The van der Waals surface area contributed by atoms with Crippen LogP contribution in [0, 0.1) is 5.92 Å². The fourth-order valence-corrected chi connectivity index (χ4v) is 3.45. The van der Waals surface area contributed by atoms with Crippen LogP contribution in [0.4, 0.5) is 0 Å². The molecular formula is C23H24N2O3. The zero-order chi connectivity index (χ0) is 19.5. The molecule has 4 rings (SSSR count). The summed E-state index contributed by atoms with van der Waals surface area (Å²) >= 11 is 0. The summed E-state index contributed by atoms with van der Waals surface area (Å²) in [7, 11) is 0. The summed E-state index contributed by atoms with van der Waals surface area (Å²) in [5.74, 6) is 0.382. The van der Waals surface area contributed by atoms with E-state index in [2.05, 4.69) is 0 Å². The Bertz CT molecular complexity index is 982. The number of aromatic nitrogens is 2. The van der Waals surface area contributed by atoms with Crippen molar-refractivity contribution in [1.29, 1.82) is 0 Å². The predicted octanol–water partition coefficient (Wildman–Crippen LogP) is 3.91. The second-order valence-electron chi connectivity index (χ2n) is 7.45. The molecule has 0 atom stereocenters. The quantitative estimate of drug-likeness (QED) is 0.354. The third-order valence-electron chi connectivity index (χ3n) is 5.14.